The molecule has 2 N–H and O–H groups in total. The molecule has 0 aliphatic rings. The minimum absolute atomic E-state index is 0.177. The van der Waals surface area contributed by atoms with Crippen molar-refractivity contribution in [1.82, 2.24) is 15.0 Å². The van der Waals surface area contributed by atoms with E-state index in [1.807, 2.05) is 0 Å². The molecular weight excluding hydrogens is 225 g/mol. The van der Waals surface area contributed by atoms with Gasteiger partial charge in [-0.3, -0.25) is 4.79 Å². The fraction of sp³-hybridized carbons (Fsp3) is 0.625. The molecule has 0 saturated carbocycles. The fourth-order valence-electron chi connectivity index (χ4n) is 1.05. The summed E-state index contributed by atoms with van der Waals surface area (Å²) in [6, 6.07) is 0. The number of carbonyl (C=O) groups excluding carboxylic acids is 1. The van der Waals surface area contributed by atoms with Gasteiger partial charge in [-0.25, -0.2) is 4.68 Å². The molecule has 0 fully saturated rings. The summed E-state index contributed by atoms with van der Waals surface area (Å²) in [5.41, 5.74) is 5.75. The second-order valence-electron chi connectivity index (χ2n) is 3.27. The van der Waals surface area contributed by atoms with Gasteiger partial charge in [-0.2, -0.15) is 13.2 Å². The molecule has 0 saturated heterocycles. The number of nitrogens with two attached hydrogens (primary N) is 1. The third kappa shape index (κ3) is 4.39. The van der Waals surface area contributed by atoms with E-state index >= 15 is 0 Å². The zero-order valence-corrected chi connectivity index (χ0v) is 8.37. The van der Waals surface area contributed by atoms with Gasteiger partial charge in [0.2, 0.25) is 0 Å². The summed E-state index contributed by atoms with van der Waals surface area (Å²) in [5.74, 6) is -0.536. The lowest BCUT2D eigenvalue weighted by molar-refractivity contribution is -0.143. The van der Waals surface area contributed by atoms with Crippen molar-refractivity contribution in [3.63, 3.8) is 0 Å². The van der Waals surface area contributed by atoms with E-state index in [-0.39, 0.29) is 13.1 Å². The number of aromatic nitrogens is 3. The Morgan fingerprint density at radius 2 is 2.19 bits per heavy atom. The van der Waals surface area contributed by atoms with Crippen molar-refractivity contribution in [1.29, 1.82) is 0 Å². The Hall–Kier alpha value is -1.44. The zero-order valence-electron chi connectivity index (χ0n) is 8.37. The molecule has 1 rings (SSSR count). The fourth-order valence-corrected chi connectivity index (χ4v) is 1.05. The SMILES string of the molecule is NCc1cn(CC(=O)CCC(F)(F)F)nn1. The molecule has 90 valence electrons. The van der Waals surface area contributed by atoms with Crippen molar-refractivity contribution in [2.75, 3.05) is 0 Å². The van der Waals surface area contributed by atoms with Gasteiger partial charge in [0.05, 0.1) is 18.3 Å². The molecule has 0 amide bonds. The molecule has 0 atom stereocenters. The van der Waals surface area contributed by atoms with Crippen LogP contribution in [0.15, 0.2) is 6.20 Å². The van der Waals surface area contributed by atoms with Crippen LogP contribution >= 0.6 is 0 Å². The summed E-state index contributed by atoms with van der Waals surface area (Å²) in [5, 5.41) is 7.17. The quantitative estimate of drug-likeness (QED) is 0.814. The molecule has 0 bridgehead atoms. The van der Waals surface area contributed by atoms with Crippen LogP contribution in [0.2, 0.25) is 0 Å². The molecule has 1 aromatic heterocycles. The normalized spacial score (nSPS) is 11.8. The number of carbonyl (C=O) groups is 1. The third-order valence-electron chi connectivity index (χ3n) is 1.82. The number of halogens is 3. The highest BCUT2D eigenvalue weighted by atomic mass is 19.4. The highest BCUT2D eigenvalue weighted by Gasteiger charge is 2.27. The maximum absolute atomic E-state index is 11.8. The number of nitrogens with zero attached hydrogens (tertiary/aromatic N) is 3. The van der Waals surface area contributed by atoms with E-state index in [1.165, 1.54) is 10.9 Å². The lowest BCUT2D eigenvalue weighted by Gasteiger charge is -2.04. The number of hydrogen-bond acceptors (Lipinski definition) is 4. The first-order chi connectivity index (χ1) is 7.40. The topological polar surface area (TPSA) is 73.8 Å². The summed E-state index contributed by atoms with van der Waals surface area (Å²) in [4.78, 5) is 11.1. The number of rotatable bonds is 5. The standard InChI is InChI=1S/C8H11F3N4O/c9-8(10,11)2-1-7(16)5-15-4-6(3-12)13-14-15/h4H,1-3,5,12H2. The van der Waals surface area contributed by atoms with Gasteiger partial charge in [0, 0.05) is 13.0 Å². The lowest BCUT2D eigenvalue weighted by Crippen LogP contribution is -2.15. The summed E-state index contributed by atoms with van der Waals surface area (Å²) < 4.78 is 36.6. The highest BCUT2D eigenvalue weighted by Crippen LogP contribution is 2.21. The van der Waals surface area contributed by atoms with Crippen LogP contribution in [0.25, 0.3) is 0 Å². The first-order valence-corrected chi connectivity index (χ1v) is 4.58. The van der Waals surface area contributed by atoms with Gasteiger partial charge in [-0.15, -0.1) is 5.10 Å². The van der Waals surface area contributed by atoms with Crippen LogP contribution in [0, 0.1) is 0 Å². The Morgan fingerprint density at radius 3 is 2.69 bits per heavy atom. The van der Waals surface area contributed by atoms with Crippen molar-refractivity contribution in [3.8, 4) is 0 Å². The summed E-state index contributed by atoms with van der Waals surface area (Å²) in [6.45, 7) is -0.0280. The molecule has 0 radical (unpaired) electrons. The van der Waals surface area contributed by atoms with Gasteiger partial charge < -0.3 is 5.73 Å². The monoisotopic (exact) mass is 236 g/mol. The van der Waals surface area contributed by atoms with Crippen LogP contribution in [0.4, 0.5) is 13.2 Å². The van der Waals surface area contributed by atoms with Gasteiger partial charge >= 0.3 is 6.18 Å². The average Bonchev–Trinajstić information content (AvgIpc) is 2.61. The van der Waals surface area contributed by atoms with Crippen molar-refractivity contribution < 1.29 is 18.0 Å². The molecule has 8 heteroatoms. The van der Waals surface area contributed by atoms with Gasteiger partial charge in [0.1, 0.15) is 6.54 Å². The number of Topliss-reactive ketones (excluding diaryl/α,β-unsaturated/α-hetero) is 1. The van der Waals surface area contributed by atoms with Crippen LogP contribution < -0.4 is 5.73 Å². The minimum Gasteiger partial charge on any atom is -0.325 e. The largest absolute Gasteiger partial charge is 0.389 e. The van der Waals surface area contributed by atoms with Crippen LogP contribution in [-0.4, -0.2) is 27.0 Å². The number of alkyl halides is 3. The first-order valence-electron chi connectivity index (χ1n) is 4.58. The maximum Gasteiger partial charge on any atom is 0.389 e. The van der Waals surface area contributed by atoms with Crippen LogP contribution in [0.1, 0.15) is 18.5 Å². The summed E-state index contributed by atoms with van der Waals surface area (Å²) in [7, 11) is 0. The van der Waals surface area contributed by atoms with E-state index in [9.17, 15) is 18.0 Å². The van der Waals surface area contributed by atoms with Gasteiger partial charge in [-0.1, -0.05) is 5.21 Å². The van der Waals surface area contributed by atoms with E-state index in [2.05, 4.69) is 10.3 Å². The van der Waals surface area contributed by atoms with Crippen LogP contribution in [0.5, 0.6) is 0 Å². The molecule has 1 aromatic rings. The zero-order chi connectivity index (χ0) is 12.2. The molecule has 0 aromatic carbocycles. The van der Waals surface area contributed by atoms with Crippen molar-refractivity contribution in [3.05, 3.63) is 11.9 Å². The van der Waals surface area contributed by atoms with Crippen molar-refractivity contribution in [2.24, 2.45) is 5.73 Å². The highest BCUT2D eigenvalue weighted by molar-refractivity contribution is 5.78. The molecule has 16 heavy (non-hydrogen) atoms. The Bertz CT molecular complexity index is 360. The molecular formula is C8H11F3N4O. The Balaban J connectivity index is 2.40. The third-order valence-corrected chi connectivity index (χ3v) is 1.82. The molecule has 0 aliphatic carbocycles. The van der Waals surface area contributed by atoms with E-state index in [0.29, 0.717) is 5.69 Å². The predicted molar refractivity (Wildman–Crippen MR) is 48.2 cm³/mol. The van der Waals surface area contributed by atoms with Gasteiger partial charge in [0.25, 0.3) is 0 Å². The molecule has 0 spiro atoms. The average molecular weight is 236 g/mol. The maximum atomic E-state index is 11.8. The van der Waals surface area contributed by atoms with Crippen molar-refractivity contribution in [2.45, 2.75) is 32.1 Å². The van der Waals surface area contributed by atoms with Gasteiger partial charge in [-0.05, 0) is 0 Å². The number of ketones is 1. The molecule has 5 nitrogen and oxygen atoms in total. The molecule has 1 heterocycles. The van der Waals surface area contributed by atoms with Crippen LogP contribution in [-0.2, 0) is 17.9 Å². The predicted octanol–water partition coefficient (Wildman–Crippen LogP) is 0.648. The number of hydrogen-bond donors (Lipinski definition) is 1. The van der Waals surface area contributed by atoms with E-state index in [0.717, 1.165) is 0 Å². The van der Waals surface area contributed by atoms with Crippen molar-refractivity contribution >= 4 is 5.78 Å². The Kier molecular flexibility index (Phi) is 3.99. The minimum atomic E-state index is -4.31. The second-order valence-corrected chi connectivity index (χ2v) is 3.27. The Labute approximate surface area is 89.4 Å². The molecule has 0 unspecified atom stereocenters. The lowest BCUT2D eigenvalue weighted by atomic mass is 10.2. The molecule has 0 aliphatic heterocycles. The van der Waals surface area contributed by atoms with E-state index < -0.39 is 24.8 Å². The second kappa shape index (κ2) is 5.06. The smallest absolute Gasteiger partial charge is 0.325 e. The Morgan fingerprint density at radius 1 is 1.50 bits per heavy atom. The summed E-state index contributed by atoms with van der Waals surface area (Å²) in [6.07, 6.45) is -4.52. The van der Waals surface area contributed by atoms with E-state index in [1.54, 1.807) is 0 Å². The first kappa shape index (κ1) is 12.6. The van der Waals surface area contributed by atoms with Gasteiger partial charge in [0.15, 0.2) is 5.78 Å². The van der Waals surface area contributed by atoms with E-state index in [4.69, 9.17) is 5.73 Å². The van der Waals surface area contributed by atoms with Crippen LogP contribution in [0.3, 0.4) is 0 Å². The summed E-state index contributed by atoms with van der Waals surface area (Å²) >= 11 is 0.